The second-order valence-electron chi connectivity index (χ2n) is 6.60. The van der Waals surface area contributed by atoms with Crippen LogP contribution >= 0.6 is 24.0 Å². The molecule has 8 heteroatoms. The molecule has 0 aliphatic rings. The third kappa shape index (κ3) is 14.5. The zero-order valence-electron chi connectivity index (χ0n) is 15.4. The number of alkyl carbamates (subject to hydrolysis) is 1. The number of hydrogen-bond donors (Lipinski definition) is 3. The highest BCUT2D eigenvalue weighted by Crippen LogP contribution is 2.06. The maximum atomic E-state index is 11.5. The fourth-order valence-electron chi connectivity index (χ4n) is 1.39. The molecular formula is C15H33IN4O3. The Balaban J connectivity index is 0. The van der Waals surface area contributed by atoms with E-state index in [9.17, 15) is 4.79 Å². The SMILES string of the molecule is CN=C(NCCCNC(=O)OC(C)(C)C)NCC(C)(C)OC.I. The molecule has 0 bridgehead atoms. The van der Waals surface area contributed by atoms with Gasteiger partial charge in [0, 0.05) is 33.8 Å². The molecule has 0 aliphatic carbocycles. The van der Waals surface area contributed by atoms with Gasteiger partial charge in [0.2, 0.25) is 0 Å². The highest BCUT2D eigenvalue weighted by Gasteiger charge is 2.17. The Kier molecular flexibility index (Phi) is 12.5. The van der Waals surface area contributed by atoms with Crippen LogP contribution < -0.4 is 16.0 Å². The summed E-state index contributed by atoms with van der Waals surface area (Å²) in [7, 11) is 3.40. The van der Waals surface area contributed by atoms with Crippen molar-refractivity contribution in [2.45, 2.75) is 52.2 Å². The molecule has 0 rings (SSSR count). The highest BCUT2D eigenvalue weighted by molar-refractivity contribution is 14.0. The van der Waals surface area contributed by atoms with Crippen LogP contribution in [0.25, 0.3) is 0 Å². The number of methoxy groups -OCH3 is 1. The summed E-state index contributed by atoms with van der Waals surface area (Å²) in [6.45, 7) is 11.4. The first-order valence-corrected chi connectivity index (χ1v) is 7.56. The third-order valence-corrected chi connectivity index (χ3v) is 2.77. The lowest BCUT2D eigenvalue weighted by Gasteiger charge is -2.24. The molecule has 0 heterocycles. The third-order valence-electron chi connectivity index (χ3n) is 2.77. The number of ether oxygens (including phenoxy) is 2. The molecule has 0 aromatic carbocycles. The van der Waals surface area contributed by atoms with Gasteiger partial charge in [-0.3, -0.25) is 4.99 Å². The minimum atomic E-state index is -0.470. The largest absolute Gasteiger partial charge is 0.444 e. The summed E-state index contributed by atoms with van der Waals surface area (Å²) in [5, 5.41) is 9.09. The molecule has 0 fully saturated rings. The summed E-state index contributed by atoms with van der Waals surface area (Å²) in [6, 6.07) is 0. The lowest BCUT2D eigenvalue weighted by atomic mass is 10.1. The molecular weight excluding hydrogens is 411 g/mol. The van der Waals surface area contributed by atoms with Gasteiger partial charge in [0.25, 0.3) is 0 Å². The van der Waals surface area contributed by atoms with E-state index in [1.54, 1.807) is 14.2 Å². The maximum absolute atomic E-state index is 11.5. The van der Waals surface area contributed by atoms with Gasteiger partial charge in [-0.1, -0.05) is 0 Å². The number of halogens is 1. The average molecular weight is 444 g/mol. The van der Waals surface area contributed by atoms with Gasteiger partial charge >= 0.3 is 6.09 Å². The number of carbonyl (C=O) groups excluding carboxylic acids is 1. The van der Waals surface area contributed by atoms with E-state index in [2.05, 4.69) is 20.9 Å². The Labute approximate surface area is 157 Å². The summed E-state index contributed by atoms with van der Waals surface area (Å²) in [4.78, 5) is 15.6. The standard InChI is InChI=1S/C15H32N4O3.HI/c1-14(2,3)22-13(20)18-10-8-9-17-12(16-6)19-11-15(4,5)21-7;/h8-11H2,1-7H3,(H,18,20)(H2,16,17,19);1H. The second kappa shape index (κ2) is 11.7. The van der Waals surface area contributed by atoms with Gasteiger partial charge in [-0.15, -0.1) is 24.0 Å². The Hall–Kier alpha value is -0.770. The van der Waals surface area contributed by atoms with Crippen LogP contribution in [0.4, 0.5) is 4.79 Å². The maximum Gasteiger partial charge on any atom is 0.407 e. The Morgan fingerprint density at radius 2 is 1.61 bits per heavy atom. The van der Waals surface area contributed by atoms with Crippen LogP contribution in [-0.2, 0) is 9.47 Å². The van der Waals surface area contributed by atoms with E-state index >= 15 is 0 Å². The van der Waals surface area contributed by atoms with E-state index in [-0.39, 0.29) is 29.6 Å². The number of carbonyl (C=O) groups is 1. The fourth-order valence-corrected chi connectivity index (χ4v) is 1.39. The molecule has 0 atom stereocenters. The van der Waals surface area contributed by atoms with Gasteiger partial charge in [0.1, 0.15) is 5.60 Å². The van der Waals surface area contributed by atoms with E-state index in [1.807, 2.05) is 34.6 Å². The minimum absolute atomic E-state index is 0. The first-order chi connectivity index (χ1) is 10.1. The van der Waals surface area contributed by atoms with Crippen molar-refractivity contribution in [3.05, 3.63) is 0 Å². The van der Waals surface area contributed by atoms with E-state index in [1.165, 1.54) is 0 Å². The summed E-state index contributed by atoms with van der Waals surface area (Å²) in [6.07, 6.45) is 0.380. The van der Waals surface area contributed by atoms with Crippen LogP contribution in [0.15, 0.2) is 4.99 Å². The zero-order chi connectivity index (χ0) is 17.2. The molecule has 138 valence electrons. The molecule has 0 spiro atoms. The molecule has 0 saturated carbocycles. The van der Waals surface area contributed by atoms with Gasteiger partial charge in [0.05, 0.1) is 5.60 Å². The molecule has 3 N–H and O–H groups in total. The monoisotopic (exact) mass is 444 g/mol. The van der Waals surface area contributed by atoms with Gasteiger partial charge < -0.3 is 25.4 Å². The van der Waals surface area contributed by atoms with Crippen molar-refractivity contribution in [3.8, 4) is 0 Å². The van der Waals surface area contributed by atoms with Crippen LogP contribution in [-0.4, -0.2) is 57.0 Å². The Morgan fingerprint density at radius 1 is 1.04 bits per heavy atom. The summed E-state index contributed by atoms with van der Waals surface area (Å²) >= 11 is 0. The quantitative estimate of drug-likeness (QED) is 0.243. The van der Waals surface area contributed by atoms with Crippen LogP contribution in [0.2, 0.25) is 0 Å². The normalized spacial score (nSPS) is 12.2. The molecule has 0 unspecified atom stereocenters. The predicted molar refractivity (Wildman–Crippen MR) is 105 cm³/mol. The number of nitrogens with zero attached hydrogens (tertiary/aromatic N) is 1. The number of amides is 1. The summed E-state index contributed by atoms with van der Waals surface area (Å²) < 4.78 is 10.5. The minimum Gasteiger partial charge on any atom is -0.444 e. The topological polar surface area (TPSA) is 84.0 Å². The van der Waals surface area contributed by atoms with Gasteiger partial charge in [-0.25, -0.2) is 4.79 Å². The Bertz CT molecular complexity index is 368. The molecule has 0 aromatic rings. The summed E-state index contributed by atoms with van der Waals surface area (Å²) in [5.41, 5.74) is -0.724. The number of hydrogen-bond acceptors (Lipinski definition) is 4. The summed E-state index contributed by atoms with van der Waals surface area (Å²) in [5.74, 6) is 0.711. The van der Waals surface area contributed by atoms with Crippen molar-refractivity contribution in [1.82, 2.24) is 16.0 Å². The first-order valence-electron chi connectivity index (χ1n) is 7.56. The number of rotatable bonds is 7. The zero-order valence-corrected chi connectivity index (χ0v) is 17.7. The molecule has 7 nitrogen and oxygen atoms in total. The van der Waals surface area contributed by atoms with Crippen LogP contribution in [0.1, 0.15) is 41.0 Å². The lowest BCUT2D eigenvalue weighted by molar-refractivity contribution is 0.0268. The molecule has 0 saturated heterocycles. The highest BCUT2D eigenvalue weighted by atomic mass is 127. The average Bonchev–Trinajstić information content (AvgIpc) is 2.39. The van der Waals surface area contributed by atoms with Gasteiger partial charge in [0.15, 0.2) is 5.96 Å². The second-order valence-corrected chi connectivity index (χ2v) is 6.60. The van der Waals surface area contributed by atoms with Crippen molar-refractivity contribution in [2.75, 3.05) is 33.8 Å². The number of aliphatic imine (C=N–C) groups is 1. The van der Waals surface area contributed by atoms with Crippen molar-refractivity contribution in [1.29, 1.82) is 0 Å². The van der Waals surface area contributed by atoms with Crippen molar-refractivity contribution < 1.29 is 14.3 Å². The van der Waals surface area contributed by atoms with E-state index < -0.39 is 11.7 Å². The van der Waals surface area contributed by atoms with E-state index in [4.69, 9.17) is 9.47 Å². The van der Waals surface area contributed by atoms with Crippen molar-refractivity contribution in [2.24, 2.45) is 4.99 Å². The van der Waals surface area contributed by atoms with Gasteiger partial charge in [-0.2, -0.15) is 0 Å². The fraction of sp³-hybridized carbons (Fsp3) is 0.867. The molecule has 0 aliphatic heterocycles. The number of nitrogens with one attached hydrogen (secondary N) is 3. The van der Waals surface area contributed by atoms with Crippen molar-refractivity contribution >= 4 is 36.0 Å². The Morgan fingerprint density at radius 3 is 2.09 bits per heavy atom. The molecule has 0 radical (unpaired) electrons. The first kappa shape index (κ1) is 24.5. The van der Waals surface area contributed by atoms with Crippen LogP contribution in [0.3, 0.4) is 0 Å². The predicted octanol–water partition coefficient (Wildman–Crippen LogP) is 2.11. The van der Waals surface area contributed by atoms with Crippen LogP contribution in [0, 0.1) is 0 Å². The molecule has 0 aromatic heterocycles. The smallest absolute Gasteiger partial charge is 0.407 e. The molecule has 1 amide bonds. The molecule has 23 heavy (non-hydrogen) atoms. The van der Waals surface area contributed by atoms with Crippen LogP contribution in [0.5, 0.6) is 0 Å². The van der Waals surface area contributed by atoms with E-state index in [0.717, 1.165) is 6.42 Å². The number of guanidine groups is 1. The van der Waals surface area contributed by atoms with Gasteiger partial charge in [-0.05, 0) is 41.0 Å². The van der Waals surface area contributed by atoms with E-state index in [0.29, 0.717) is 25.6 Å². The lowest BCUT2D eigenvalue weighted by Crippen LogP contribution is -2.45. The van der Waals surface area contributed by atoms with Crippen molar-refractivity contribution in [3.63, 3.8) is 0 Å².